The van der Waals surface area contributed by atoms with E-state index in [0.717, 1.165) is 43.4 Å². The van der Waals surface area contributed by atoms with Crippen LogP contribution in [0.5, 0.6) is 0 Å². The zero-order valence-corrected chi connectivity index (χ0v) is 14.9. The summed E-state index contributed by atoms with van der Waals surface area (Å²) in [5, 5.41) is 9.60. The molecule has 27 heavy (non-hydrogen) atoms. The summed E-state index contributed by atoms with van der Waals surface area (Å²) in [6, 6.07) is 16.4. The number of alkyl halides is 3. The molecule has 0 heterocycles. The van der Waals surface area contributed by atoms with Crippen LogP contribution in [0.2, 0.25) is 0 Å². The Bertz CT molecular complexity index is 811. The van der Waals surface area contributed by atoms with Crippen LogP contribution in [0.1, 0.15) is 54.8 Å². The molecule has 0 aliphatic heterocycles. The number of hydrogen-bond donors (Lipinski definition) is 0. The molecule has 5 heteroatoms. The topological polar surface area (TPSA) is 36.1 Å². The van der Waals surface area contributed by atoms with E-state index in [1.807, 2.05) is 30.3 Å². The smallest absolute Gasteiger partial charge is 0.265 e. The lowest BCUT2D eigenvalue weighted by Crippen LogP contribution is -2.17. The lowest BCUT2D eigenvalue weighted by atomic mass is 9.81. The van der Waals surface area contributed by atoms with Gasteiger partial charge in [0.1, 0.15) is 11.8 Å². The van der Waals surface area contributed by atoms with Crippen LogP contribution < -0.4 is 0 Å². The second kappa shape index (κ2) is 8.39. The van der Waals surface area contributed by atoms with E-state index in [1.54, 1.807) is 0 Å². The quantitative estimate of drug-likeness (QED) is 0.579. The fourth-order valence-corrected chi connectivity index (χ4v) is 3.68. The number of benzene rings is 2. The van der Waals surface area contributed by atoms with E-state index >= 15 is 0 Å². The van der Waals surface area contributed by atoms with E-state index in [9.17, 15) is 18.4 Å². The van der Waals surface area contributed by atoms with E-state index in [4.69, 9.17) is 4.99 Å². The Hall–Kier alpha value is -2.61. The average Bonchev–Trinajstić information content (AvgIpc) is 2.70. The Labute approximate surface area is 157 Å². The van der Waals surface area contributed by atoms with Crippen LogP contribution in [0.3, 0.4) is 0 Å². The predicted octanol–water partition coefficient (Wildman–Crippen LogP) is 6.34. The van der Waals surface area contributed by atoms with Crippen LogP contribution in [0, 0.1) is 17.2 Å². The Morgan fingerprint density at radius 3 is 2.15 bits per heavy atom. The van der Waals surface area contributed by atoms with Crippen LogP contribution in [0.15, 0.2) is 59.6 Å². The molecule has 3 rings (SSSR count). The zero-order valence-electron chi connectivity index (χ0n) is 14.9. The molecule has 1 fully saturated rings. The summed E-state index contributed by atoms with van der Waals surface area (Å²) in [6.07, 6.45) is 1.21. The van der Waals surface area contributed by atoms with E-state index < -0.39 is 11.7 Å². The van der Waals surface area contributed by atoms with Gasteiger partial charge in [-0.15, -0.1) is 0 Å². The molecule has 0 spiro atoms. The largest absolute Gasteiger partial charge is 0.416 e. The van der Waals surface area contributed by atoms with Gasteiger partial charge in [0.25, 0.3) is 0 Å². The van der Waals surface area contributed by atoms with Crippen molar-refractivity contribution in [1.29, 1.82) is 5.26 Å². The number of hydrogen-bond acceptors (Lipinski definition) is 2. The highest BCUT2D eigenvalue weighted by molar-refractivity contribution is 6.11. The maximum Gasteiger partial charge on any atom is 0.416 e. The predicted molar refractivity (Wildman–Crippen MR) is 99.4 cm³/mol. The van der Waals surface area contributed by atoms with Crippen molar-refractivity contribution in [2.75, 3.05) is 0 Å². The third-order valence-electron chi connectivity index (χ3n) is 5.10. The summed E-state index contributed by atoms with van der Waals surface area (Å²) in [6.45, 7) is 0. The van der Waals surface area contributed by atoms with Crippen molar-refractivity contribution >= 4 is 5.71 Å². The molecule has 1 aliphatic carbocycles. The summed E-state index contributed by atoms with van der Waals surface area (Å²) in [5.74, 6) is 0.346. The van der Waals surface area contributed by atoms with Gasteiger partial charge >= 0.3 is 6.18 Å². The molecule has 1 atom stereocenters. The molecule has 0 aromatic heterocycles. The van der Waals surface area contributed by atoms with Gasteiger partial charge in [0.15, 0.2) is 0 Å². The SMILES string of the molecule is N#CC(=N[C@@H](c1ccccc1)C1CCCCC1)c1ccc(C(F)(F)F)cc1. The van der Waals surface area contributed by atoms with Gasteiger partial charge in [-0.05, 0) is 36.5 Å². The molecule has 2 aromatic carbocycles. The molecule has 1 saturated carbocycles. The maximum absolute atomic E-state index is 12.8. The normalized spacial score (nSPS) is 17.3. The zero-order chi connectivity index (χ0) is 19.3. The Morgan fingerprint density at radius 1 is 0.963 bits per heavy atom. The van der Waals surface area contributed by atoms with Gasteiger partial charge in [-0.1, -0.05) is 61.7 Å². The molecule has 0 amide bonds. The van der Waals surface area contributed by atoms with Crippen molar-refractivity contribution in [3.63, 3.8) is 0 Å². The van der Waals surface area contributed by atoms with Crippen molar-refractivity contribution in [2.45, 2.75) is 44.3 Å². The lowest BCUT2D eigenvalue weighted by Gasteiger charge is -2.28. The number of halogens is 3. The first-order valence-corrected chi connectivity index (χ1v) is 9.19. The van der Waals surface area contributed by atoms with E-state index in [1.165, 1.54) is 18.6 Å². The van der Waals surface area contributed by atoms with Crippen molar-refractivity contribution in [2.24, 2.45) is 10.9 Å². The minimum Gasteiger partial charge on any atom is -0.265 e. The number of aliphatic imine (C=N–C) groups is 1. The Balaban J connectivity index is 1.95. The average molecular weight is 370 g/mol. The fraction of sp³-hybridized carbons (Fsp3) is 0.364. The summed E-state index contributed by atoms with van der Waals surface area (Å²) in [4.78, 5) is 4.72. The molecule has 2 nitrogen and oxygen atoms in total. The van der Waals surface area contributed by atoms with E-state index in [0.29, 0.717) is 11.5 Å². The minimum atomic E-state index is -4.39. The van der Waals surface area contributed by atoms with E-state index in [-0.39, 0.29) is 11.8 Å². The van der Waals surface area contributed by atoms with Crippen LogP contribution in [0.25, 0.3) is 0 Å². The standard InChI is InChI=1S/C22H21F3N2/c23-22(24,25)19-13-11-16(12-14-19)20(15-26)27-21(17-7-3-1-4-8-17)18-9-5-2-6-10-18/h1,3-4,7-8,11-14,18,21H,2,5-6,9-10H2/t21-/m0/s1. The van der Waals surface area contributed by atoms with Gasteiger partial charge < -0.3 is 0 Å². The summed E-state index contributed by atoms with van der Waals surface area (Å²) in [5.41, 5.74) is 0.921. The highest BCUT2D eigenvalue weighted by Crippen LogP contribution is 2.37. The first-order valence-electron chi connectivity index (χ1n) is 9.19. The Morgan fingerprint density at radius 2 is 1.59 bits per heavy atom. The number of nitriles is 1. The molecule has 0 bridgehead atoms. The van der Waals surface area contributed by atoms with E-state index in [2.05, 4.69) is 6.07 Å². The van der Waals surface area contributed by atoms with Gasteiger partial charge in [0.2, 0.25) is 0 Å². The fourth-order valence-electron chi connectivity index (χ4n) is 3.68. The van der Waals surface area contributed by atoms with Crippen molar-refractivity contribution in [3.8, 4) is 6.07 Å². The monoisotopic (exact) mass is 370 g/mol. The third-order valence-corrected chi connectivity index (χ3v) is 5.10. The lowest BCUT2D eigenvalue weighted by molar-refractivity contribution is -0.137. The Kier molecular flexibility index (Phi) is 5.95. The first kappa shape index (κ1) is 19.2. The summed E-state index contributed by atoms with van der Waals surface area (Å²) in [7, 11) is 0. The highest BCUT2D eigenvalue weighted by atomic mass is 19.4. The molecular formula is C22H21F3N2. The van der Waals surface area contributed by atoms with Gasteiger partial charge in [-0.3, -0.25) is 4.99 Å². The summed E-state index contributed by atoms with van der Waals surface area (Å²) >= 11 is 0. The first-order chi connectivity index (χ1) is 13.0. The van der Waals surface area contributed by atoms with Crippen LogP contribution in [0.4, 0.5) is 13.2 Å². The van der Waals surface area contributed by atoms with Gasteiger partial charge in [0.05, 0.1) is 11.6 Å². The van der Waals surface area contributed by atoms with Crippen molar-refractivity contribution in [3.05, 3.63) is 71.3 Å². The van der Waals surface area contributed by atoms with Crippen molar-refractivity contribution in [1.82, 2.24) is 0 Å². The third kappa shape index (κ3) is 4.77. The molecule has 0 saturated heterocycles. The second-order valence-electron chi connectivity index (χ2n) is 6.92. The molecule has 1 aliphatic rings. The van der Waals surface area contributed by atoms with Gasteiger partial charge in [0, 0.05) is 5.56 Å². The number of rotatable bonds is 4. The molecule has 2 aromatic rings. The molecule has 0 radical (unpaired) electrons. The maximum atomic E-state index is 12.8. The molecular weight excluding hydrogens is 349 g/mol. The van der Waals surface area contributed by atoms with Crippen LogP contribution in [-0.4, -0.2) is 5.71 Å². The van der Waals surface area contributed by atoms with Gasteiger partial charge in [-0.2, -0.15) is 18.4 Å². The summed E-state index contributed by atoms with van der Waals surface area (Å²) < 4.78 is 38.3. The minimum absolute atomic E-state index is 0.150. The highest BCUT2D eigenvalue weighted by Gasteiger charge is 2.30. The molecule has 140 valence electrons. The van der Waals surface area contributed by atoms with Crippen LogP contribution >= 0.6 is 0 Å². The molecule has 0 N–H and O–H groups in total. The van der Waals surface area contributed by atoms with Crippen LogP contribution in [-0.2, 0) is 6.18 Å². The van der Waals surface area contributed by atoms with Gasteiger partial charge in [-0.25, -0.2) is 0 Å². The number of nitrogens with zero attached hydrogens (tertiary/aromatic N) is 2. The molecule has 0 unspecified atom stereocenters. The van der Waals surface area contributed by atoms with Crippen molar-refractivity contribution < 1.29 is 13.2 Å². The second-order valence-corrected chi connectivity index (χ2v) is 6.92.